The number of carbonyl (C=O) groups is 1. The van der Waals surface area contributed by atoms with E-state index >= 15 is 0 Å². The van der Waals surface area contributed by atoms with Crippen LogP contribution in [0.25, 0.3) is 11.5 Å². The van der Waals surface area contributed by atoms with Crippen LogP contribution in [-0.4, -0.2) is 23.0 Å². The highest BCUT2D eigenvalue weighted by molar-refractivity contribution is 7.14. The third-order valence-corrected chi connectivity index (χ3v) is 3.88. The van der Waals surface area contributed by atoms with E-state index < -0.39 is 0 Å². The van der Waals surface area contributed by atoms with Crippen LogP contribution in [0, 0.1) is 0 Å². The summed E-state index contributed by atoms with van der Waals surface area (Å²) >= 11 is 1.47. The molecule has 0 bridgehead atoms. The van der Waals surface area contributed by atoms with Crippen molar-refractivity contribution in [1.29, 1.82) is 0 Å². The third-order valence-electron chi connectivity index (χ3n) is 3.13. The van der Waals surface area contributed by atoms with Gasteiger partial charge in [0.1, 0.15) is 11.5 Å². The van der Waals surface area contributed by atoms with Crippen LogP contribution in [0.1, 0.15) is 12.7 Å². The minimum atomic E-state index is -0.0961. The number of pyridine rings is 1. The van der Waals surface area contributed by atoms with Crippen LogP contribution >= 0.6 is 11.3 Å². The molecular formula is C16H16N4O3S. The molecule has 124 valence electrons. The summed E-state index contributed by atoms with van der Waals surface area (Å²) in [6, 6.07) is 7.30. The number of hydrogen-bond donors (Lipinski definition) is 2. The molecule has 7 nitrogen and oxygen atoms in total. The smallest absolute Gasteiger partial charge is 0.217 e. The van der Waals surface area contributed by atoms with Gasteiger partial charge in [-0.3, -0.25) is 4.79 Å². The van der Waals surface area contributed by atoms with Crippen molar-refractivity contribution in [3.8, 4) is 17.3 Å². The van der Waals surface area contributed by atoms with Crippen LogP contribution in [0.4, 0.5) is 10.8 Å². The van der Waals surface area contributed by atoms with Crippen molar-refractivity contribution in [2.24, 2.45) is 0 Å². The number of aromatic nitrogens is 2. The van der Waals surface area contributed by atoms with Crippen molar-refractivity contribution in [3.63, 3.8) is 0 Å². The first-order chi connectivity index (χ1) is 11.6. The zero-order valence-electron chi connectivity index (χ0n) is 13.2. The van der Waals surface area contributed by atoms with Gasteiger partial charge in [0.05, 0.1) is 25.5 Å². The van der Waals surface area contributed by atoms with Gasteiger partial charge in [-0.05, 0) is 18.2 Å². The summed E-state index contributed by atoms with van der Waals surface area (Å²) in [5, 5.41) is 8.51. The molecule has 0 radical (unpaired) electrons. The molecule has 2 N–H and O–H groups in total. The average Bonchev–Trinajstić information content (AvgIpc) is 3.22. The Morgan fingerprint density at radius 1 is 1.33 bits per heavy atom. The Hall–Kier alpha value is -2.87. The van der Waals surface area contributed by atoms with Crippen LogP contribution in [0.5, 0.6) is 5.88 Å². The second kappa shape index (κ2) is 7.14. The predicted octanol–water partition coefficient (Wildman–Crippen LogP) is 3.19. The van der Waals surface area contributed by atoms with Crippen LogP contribution < -0.4 is 15.4 Å². The van der Waals surface area contributed by atoms with Crippen molar-refractivity contribution in [2.45, 2.75) is 13.5 Å². The molecule has 1 amide bonds. The first kappa shape index (κ1) is 16.0. The van der Waals surface area contributed by atoms with E-state index in [0.29, 0.717) is 23.9 Å². The first-order valence-corrected chi connectivity index (χ1v) is 8.08. The van der Waals surface area contributed by atoms with Crippen molar-refractivity contribution in [3.05, 3.63) is 41.6 Å². The lowest BCUT2D eigenvalue weighted by Gasteiger charge is -2.02. The number of ether oxygens (including phenoxy) is 1. The number of thiazole rings is 1. The molecule has 8 heteroatoms. The molecule has 0 unspecified atom stereocenters. The quantitative estimate of drug-likeness (QED) is 0.714. The molecule has 0 saturated heterocycles. The van der Waals surface area contributed by atoms with Gasteiger partial charge in [0, 0.05) is 18.4 Å². The van der Waals surface area contributed by atoms with Gasteiger partial charge in [-0.1, -0.05) is 0 Å². The number of anilines is 2. The number of furan rings is 1. The largest absolute Gasteiger partial charge is 0.481 e. The fourth-order valence-electron chi connectivity index (χ4n) is 1.96. The molecule has 0 aliphatic heterocycles. The Balaban J connectivity index is 1.67. The topological polar surface area (TPSA) is 89.3 Å². The number of amides is 1. The minimum Gasteiger partial charge on any atom is -0.481 e. The fourth-order valence-corrected chi connectivity index (χ4v) is 2.68. The zero-order valence-corrected chi connectivity index (χ0v) is 14.0. The number of hydrogen-bond acceptors (Lipinski definition) is 7. The van der Waals surface area contributed by atoms with E-state index in [2.05, 4.69) is 20.6 Å². The second-order valence-corrected chi connectivity index (χ2v) is 5.79. The second-order valence-electron chi connectivity index (χ2n) is 4.93. The molecule has 0 aliphatic rings. The summed E-state index contributed by atoms with van der Waals surface area (Å²) in [4.78, 5) is 19.6. The summed E-state index contributed by atoms with van der Waals surface area (Å²) in [5.74, 6) is 1.80. The van der Waals surface area contributed by atoms with E-state index in [4.69, 9.17) is 9.15 Å². The Labute approximate surface area is 142 Å². The number of carbonyl (C=O) groups excluding carboxylic acids is 1. The maximum absolute atomic E-state index is 10.9. The van der Waals surface area contributed by atoms with Gasteiger partial charge < -0.3 is 19.8 Å². The van der Waals surface area contributed by atoms with E-state index in [1.54, 1.807) is 19.4 Å². The highest BCUT2D eigenvalue weighted by atomic mass is 32.1. The Kier molecular flexibility index (Phi) is 4.76. The van der Waals surface area contributed by atoms with Crippen LogP contribution in [-0.2, 0) is 11.3 Å². The van der Waals surface area contributed by atoms with Crippen LogP contribution in [0.3, 0.4) is 0 Å². The van der Waals surface area contributed by atoms with E-state index in [1.807, 2.05) is 23.6 Å². The molecule has 0 fully saturated rings. The van der Waals surface area contributed by atoms with E-state index in [-0.39, 0.29) is 5.91 Å². The third kappa shape index (κ3) is 3.90. The molecule has 0 aromatic carbocycles. The van der Waals surface area contributed by atoms with Gasteiger partial charge in [0.15, 0.2) is 10.9 Å². The highest BCUT2D eigenvalue weighted by Gasteiger charge is 2.10. The lowest BCUT2D eigenvalue weighted by molar-refractivity contribution is -0.119. The Bertz CT molecular complexity index is 826. The molecule has 3 heterocycles. The van der Waals surface area contributed by atoms with E-state index in [1.165, 1.54) is 18.3 Å². The van der Waals surface area contributed by atoms with Gasteiger partial charge in [0.25, 0.3) is 0 Å². The molecule has 0 saturated carbocycles. The molecule has 0 spiro atoms. The lowest BCUT2D eigenvalue weighted by atomic mass is 10.3. The highest BCUT2D eigenvalue weighted by Crippen LogP contribution is 2.28. The van der Waals surface area contributed by atoms with E-state index in [0.717, 1.165) is 16.5 Å². The molecule has 0 aliphatic carbocycles. The van der Waals surface area contributed by atoms with Crippen molar-refractivity contribution in [1.82, 2.24) is 15.3 Å². The summed E-state index contributed by atoms with van der Waals surface area (Å²) in [6.45, 7) is 1.83. The van der Waals surface area contributed by atoms with Gasteiger partial charge in [-0.25, -0.2) is 9.97 Å². The summed E-state index contributed by atoms with van der Waals surface area (Å²) in [6.07, 6.45) is 1.68. The fraction of sp³-hybridized carbons (Fsp3) is 0.188. The van der Waals surface area contributed by atoms with E-state index in [9.17, 15) is 4.79 Å². The first-order valence-electron chi connectivity index (χ1n) is 7.20. The summed E-state index contributed by atoms with van der Waals surface area (Å²) in [5.41, 5.74) is 1.56. The maximum atomic E-state index is 10.9. The normalized spacial score (nSPS) is 10.4. The number of nitrogens with zero attached hydrogens (tertiary/aromatic N) is 2. The standard InChI is InChI=1S/C16H16N4O3S/c1-10(21)17-8-12-4-5-14(23-12)13-9-24-16(20-13)19-11-3-6-15(22-2)18-7-11/h3-7,9H,8H2,1-2H3,(H,17,21)(H,19,20). The predicted molar refractivity (Wildman–Crippen MR) is 91.4 cm³/mol. The summed E-state index contributed by atoms with van der Waals surface area (Å²) in [7, 11) is 1.58. The Morgan fingerprint density at radius 3 is 2.92 bits per heavy atom. The van der Waals surface area contributed by atoms with Crippen molar-refractivity contribution in [2.75, 3.05) is 12.4 Å². The number of nitrogens with one attached hydrogen (secondary N) is 2. The van der Waals surface area contributed by atoms with Gasteiger partial charge in [-0.15, -0.1) is 11.3 Å². The maximum Gasteiger partial charge on any atom is 0.217 e. The zero-order chi connectivity index (χ0) is 16.9. The van der Waals surface area contributed by atoms with Crippen LogP contribution in [0.2, 0.25) is 0 Å². The molecular weight excluding hydrogens is 328 g/mol. The molecule has 3 rings (SSSR count). The monoisotopic (exact) mass is 344 g/mol. The number of rotatable bonds is 6. The SMILES string of the molecule is COc1ccc(Nc2nc(-c3ccc(CNC(C)=O)o3)cs2)cn1. The Morgan fingerprint density at radius 2 is 2.21 bits per heavy atom. The molecule has 3 aromatic rings. The van der Waals surface area contributed by atoms with Gasteiger partial charge >= 0.3 is 0 Å². The summed E-state index contributed by atoms with van der Waals surface area (Å²) < 4.78 is 10.7. The van der Waals surface area contributed by atoms with Crippen molar-refractivity contribution >= 4 is 28.1 Å². The molecule has 3 aromatic heterocycles. The minimum absolute atomic E-state index is 0.0961. The van der Waals surface area contributed by atoms with Gasteiger partial charge in [-0.2, -0.15) is 0 Å². The van der Waals surface area contributed by atoms with Crippen LogP contribution in [0.15, 0.2) is 40.3 Å². The average molecular weight is 344 g/mol. The number of methoxy groups -OCH3 is 1. The van der Waals surface area contributed by atoms with Crippen molar-refractivity contribution < 1.29 is 13.9 Å². The molecule has 24 heavy (non-hydrogen) atoms. The molecule has 0 atom stereocenters. The lowest BCUT2D eigenvalue weighted by Crippen LogP contribution is -2.18. The van der Waals surface area contributed by atoms with Gasteiger partial charge in [0.2, 0.25) is 11.8 Å².